The Hall–Kier alpha value is -4.53. The summed E-state index contributed by atoms with van der Waals surface area (Å²) in [4.78, 5) is 48.5. The van der Waals surface area contributed by atoms with Gasteiger partial charge in [0.1, 0.15) is 34.1 Å². The van der Waals surface area contributed by atoms with Gasteiger partial charge < -0.3 is 39.4 Å². The van der Waals surface area contributed by atoms with Crippen molar-refractivity contribution >= 4 is 33.7 Å². The molecule has 0 radical (unpaired) electrons. The van der Waals surface area contributed by atoms with Gasteiger partial charge in [0.15, 0.2) is 9.84 Å². The Morgan fingerprint density at radius 2 is 0.930 bits per heavy atom. The van der Waals surface area contributed by atoms with E-state index in [1.165, 1.54) is 0 Å². The lowest BCUT2D eigenvalue weighted by molar-refractivity contribution is -0.162. The molecule has 2 aromatic carbocycles. The third-order valence-electron chi connectivity index (χ3n) is 5.52. The molecular weight excluding hydrogens is 592 g/mol. The standard InChI is InChI=1S/C28H34O14S/c1-27(2,3)25(35)41-13-39-23(33)19-9-17(29)7-15(21(19)31)11-43(37,38)12-16-8-18(30)10-20(22(16)32)24(34)40-14-42-26(36)28(4,5)6/h7-10,29-32H,11-14H2,1-6H3. The Bertz CT molecular complexity index is 1400. The summed E-state index contributed by atoms with van der Waals surface area (Å²) in [5.41, 5.74) is -3.83. The Kier molecular flexibility index (Phi) is 10.6. The molecule has 0 fully saturated rings. The molecule has 0 saturated heterocycles. The van der Waals surface area contributed by atoms with Gasteiger partial charge in [-0.3, -0.25) is 9.59 Å². The number of esters is 4. The summed E-state index contributed by atoms with van der Waals surface area (Å²) in [5, 5.41) is 41.2. The second-order valence-corrected chi connectivity index (χ2v) is 13.6. The van der Waals surface area contributed by atoms with E-state index in [1.54, 1.807) is 41.5 Å². The summed E-state index contributed by atoms with van der Waals surface area (Å²) in [6.07, 6.45) is 0. The van der Waals surface area contributed by atoms with Crippen LogP contribution in [0.4, 0.5) is 0 Å². The largest absolute Gasteiger partial charge is 0.508 e. The Labute approximate surface area is 247 Å². The first-order valence-corrected chi connectivity index (χ1v) is 14.4. The average molecular weight is 627 g/mol. The van der Waals surface area contributed by atoms with Crippen molar-refractivity contribution in [3.63, 3.8) is 0 Å². The number of benzene rings is 2. The minimum absolute atomic E-state index is 0.418. The van der Waals surface area contributed by atoms with Crippen LogP contribution < -0.4 is 0 Å². The third kappa shape index (κ3) is 9.77. The number of ether oxygens (including phenoxy) is 4. The molecule has 0 atom stereocenters. The van der Waals surface area contributed by atoms with Crippen molar-refractivity contribution in [1.82, 2.24) is 0 Å². The molecule has 236 valence electrons. The van der Waals surface area contributed by atoms with Gasteiger partial charge in [-0.25, -0.2) is 18.0 Å². The summed E-state index contributed by atoms with van der Waals surface area (Å²) < 4.78 is 45.2. The summed E-state index contributed by atoms with van der Waals surface area (Å²) in [6.45, 7) is 7.81. The lowest BCUT2D eigenvalue weighted by Gasteiger charge is -2.17. The number of sulfone groups is 1. The highest BCUT2D eigenvalue weighted by atomic mass is 32.2. The molecule has 0 aliphatic carbocycles. The molecule has 0 unspecified atom stereocenters. The van der Waals surface area contributed by atoms with Crippen LogP contribution in [0.3, 0.4) is 0 Å². The normalized spacial score (nSPS) is 11.9. The van der Waals surface area contributed by atoms with Crippen molar-refractivity contribution < 1.29 is 67.0 Å². The van der Waals surface area contributed by atoms with E-state index >= 15 is 0 Å². The van der Waals surface area contributed by atoms with Crippen LogP contribution >= 0.6 is 0 Å². The van der Waals surface area contributed by atoms with Gasteiger partial charge in [0.25, 0.3) is 0 Å². The fourth-order valence-corrected chi connectivity index (χ4v) is 4.76. The van der Waals surface area contributed by atoms with Crippen LogP contribution in [0.5, 0.6) is 23.0 Å². The molecule has 0 amide bonds. The smallest absolute Gasteiger partial charge is 0.344 e. The topological polar surface area (TPSA) is 220 Å². The molecule has 2 aromatic rings. The van der Waals surface area contributed by atoms with E-state index in [2.05, 4.69) is 0 Å². The van der Waals surface area contributed by atoms with Gasteiger partial charge in [0.05, 0.1) is 22.3 Å². The number of phenols is 4. The molecule has 2 rings (SSSR count). The molecule has 0 bridgehead atoms. The zero-order chi connectivity index (χ0) is 32.9. The maximum absolute atomic E-state index is 13.0. The molecule has 0 aromatic heterocycles. The van der Waals surface area contributed by atoms with E-state index in [0.29, 0.717) is 0 Å². The second-order valence-electron chi connectivity index (χ2n) is 11.5. The van der Waals surface area contributed by atoms with Crippen molar-refractivity contribution in [2.45, 2.75) is 53.0 Å². The van der Waals surface area contributed by atoms with Gasteiger partial charge in [-0.15, -0.1) is 0 Å². The molecule has 14 nitrogen and oxygen atoms in total. The number of carbonyl (C=O) groups excluding carboxylic acids is 4. The van der Waals surface area contributed by atoms with Crippen LogP contribution in [0.15, 0.2) is 24.3 Å². The minimum atomic E-state index is -4.33. The van der Waals surface area contributed by atoms with E-state index in [0.717, 1.165) is 24.3 Å². The summed E-state index contributed by atoms with van der Waals surface area (Å²) in [7, 11) is -4.33. The first-order valence-electron chi connectivity index (χ1n) is 12.6. The molecule has 4 N–H and O–H groups in total. The van der Waals surface area contributed by atoms with Crippen molar-refractivity contribution in [3.8, 4) is 23.0 Å². The number of hydrogen-bond donors (Lipinski definition) is 4. The minimum Gasteiger partial charge on any atom is -0.508 e. The van der Waals surface area contributed by atoms with Crippen LogP contribution in [-0.4, -0.2) is 66.3 Å². The highest BCUT2D eigenvalue weighted by Gasteiger charge is 2.28. The average Bonchev–Trinajstić information content (AvgIpc) is 2.86. The highest BCUT2D eigenvalue weighted by molar-refractivity contribution is 7.89. The summed E-state index contributed by atoms with van der Waals surface area (Å²) >= 11 is 0. The Morgan fingerprint density at radius 3 is 1.23 bits per heavy atom. The first-order chi connectivity index (χ1) is 19.6. The highest BCUT2D eigenvalue weighted by Crippen LogP contribution is 2.34. The number of hydrogen-bond acceptors (Lipinski definition) is 14. The van der Waals surface area contributed by atoms with E-state index in [9.17, 15) is 48.0 Å². The predicted octanol–water partition coefficient (Wildman–Crippen LogP) is 3.03. The van der Waals surface area contributed by atoms with Crippen LogP contribution in [-0.2, 0) is 49.9 Å². The van der Waals surface area contributed by atoms with Crippen molar-refractivity contribution in [2.24, 2.45) is 10.8 Å². The van der Waals surface area contributed by atoms with E-state index in [-0.39, 0.29) is 0 Å². The maximum Gasteiger partial charge on any atom is 0.344 e. The zero-order valence-corrected chi connectivity index (χ0v) is 25.2. The summed E-state index contributed by atoms with van der Waals surface area (Å²) in [5.74, 6) is -8.63. The maximum atomic E-state index is 13.0. The molecule has 43 heavy (non-hydrogen) atoms. The van der Waals surface area contributed by atoms with Gasteiger partial charge in [-0.2, -0.15) is 0 Å². The molecule has 0 spiro atoms. The number of aromatic hydroxyl groups is 4. The molecule has 0 aliphatic heterocycles. The lowest BCUT2D eigenvalue weighted by Crippen LogP contribution is -2.24. The Morgan fingerprint density at radius 1 is 0.605 bits per heavy atom. The van der Waals surface area contributed by atoms with Gasteiger partial charge >= 0.3 is 23.9 Å². The second kappa shape index (κ2) is 13.2. The lowest BCUT2D eigenvalue weighted by atomic mass is 9.97. The van der Waals surface area contributed by atoms with Crippen molar-refractivity contribution in [3.05, 3.63) is 46.5 Å². The number of phenolic OH excluding ortho intramolecular Hbond substituents is 4. The fraction of sp³-hybridized carbons (Fsp3) is 0.429. The van der Waals surface area contributed by atoms with E-state index in [1.807, 2.05) is 0 Å². The zero-order valence-electron chi connectivity index (χ0n) is 24.4. The molecule has 0 heterocycles. The van der Waals surface area contributed by atoms with Crippen LogP contribution in [0.25, 0.3) is 0 Å². The fourth-order valence-electron chi connectivity index (χ4n) is 3.27. The van der Waals surface area contributed by atoms with Crippen LogP contribution in [0.1, 0.15) is 73.4 Å². The van der Waals surface area contributed by atoms with Gasteiger partial charge in [-0.1, -0.05) is 0 Å². The van der Waals surface area contributed by atoms with E-state index in [4.69, 9.17) is 18.9 Å². The van der Waals surface area contributed by atoms with Gasteiger partial charge in [0, 0.05) is 11.1 Å². The quantitative estimate of drug-likeness (QED) is 0.169. The van der Waals surface area contributed by atoms with Crippen LogP contribution in [0, 0.1) is 10.8 Å². The number of rotatable bonds is 10. The van der Waals surface area contributed by atoms with Gasteiger partial charge in [0.2, 0.25) is 13.6 Å². The van der Waals surface area contributed by atoms with Crippen molar-refractivity contribution in [2.75, 3.05) is 13.6 Å². The SMILES string of the molecule is CC(C)(C)C(=O)OCOC(=O)c1cc(O)cc(CS(=O)(=O)Cc2cc(O)cc(C(=O)OCOC(=O)C(C)(C)C)c2O)c1O. The number of carbonyl (C=O) groups is 4. The van der Waals surface area contributed by atoms with Gasteiger partial charge in [-0.05, 0) is 65.8 Å². The third-order valence-corrected chi connectivity index (χ3v) is 7.02. The molecule has 0 aliphatic rings. The first kappa shape index (κ1) is 34.7. The molecule has 0 saturated carbocycles. The van der Waals surface area contributed by atoms with E-state index < -0.39 is 115 Å². The monoisotopic (exact) mass is 626 g/mol. The Balaban J connectivity index is 2.21. The predicted molar refractivity (Wildman–Crippen MR) is 148 cm³/mol. The van der Waals surface area contributed by atoms with Crippen molar-refractivity contribution in [1.29, 1.82) is 0 Å². The van der Waals surface area contributed by atoms with Crippen LogP contribution in [0.2, 0.25) is 0 Å². The molecule has 15 heteroatoms. The molecular formula is C28H34O14S. The summed E-state index contributed by atoms with van der Waals surface area (Å²) in [6, 6.07) is 3.40.